The van der Waals surface area contributed by atoms with E-state index in [4.69, 9.17) is 0 Å². The molecule has 0 unspecified atom stereocenters. The molecule has 0 amide bonds. The van der Waals surface area contributed by atoms with Gasteiger partial charge in [-0.25, -0.2) is 0 Å². The van der Waals surface area contributed by atoms with E-state index in [9.17, 15) is 0 Å². The van der Waals surface area contributed by atoms with Gasteiger partial charge in [-0.1, -0.05) is 69.8 Å². The molecule has 0 heteroatoms. The van der Waals surface area contributed by atoms with Crippen LogP contribution in [0.25, 0.3) is 0 Å². The van der Waals surface area contributed by atoms with Crippen LogP contribution < -0.4 is 0 Å². The zero-order chi connectivity index (χ0) is 12.6. The molecule has 0 aromatic carbocycles. The Morgan fingerprint density at radius 2 is 1.12 bits per heavy atom. The molecule has 0 aromatic rings. The molecule has 0 bridgehead atoms. The van der Waals surface area contributed by atoms with Gasteiger partial charge in [-0.15, -0.1) is 0 Å². The topological polar surface area (TPSA) is 0 Å². The summed E-state index contributed by atoms with van der Waals surface area (Å²) in [5.41, 5.74) is 0. The molecule has 0 atom stereocenters. The first kappa shape index (κ1) is 16.5. The Morgan fingerprint density at radius 1 is 0.647 bits per heavy atom. The Hall–Kier alpha value is -0.520. The molecule has 0 spiro atoms. The highest BCUT2D eigenvalue weighted by atomic mass is 14.0. The smallest absolute Gasteiger partial charge is 0.0316 e. The van der Waals surface area contributed by atoms with E-state index in [-0.39, 0.29) is 0 Å². The molecule has 0 saturated heterocycles. The van der Waals surface area contributed by atoms with Crippen LogP contribution in [0.4, 0.5) is 0 Å². The van der Waals surface area contributed by atoms with Crippen LogP contribution in [0.2, 0.25) is 0 Å². The van der Waals surface area contributed by atoms with Crippen LogP contribution in [-0.4, -0.2) is 0 Å². The van der Waals surface area contributed by atoms with Crippen molar-refractivity contribution in [2.45, 2.75) is 77.6 Å². The average Bonchev–Trinajstić information content (AvgIpc) is 2.35. The van der Waals surface area contributed by atoms with E-state index in [1.807, 2.05) is 6.08 Å². The Morgan fingerprint density at radius 3 is 1.65 bits per heavy atom. The summed E-state index contributed by atoms with van der Waals surface area (Å²) >= 11 is 0. The lowest BCUT2D eigenvalue weighted by Gasteiger charge is -1.99. The Labute approximate surface area is 109 Å². The van der Waals surface area contributed by atoms with Gasteiger partial charge in [-0.2, -0.15) is 0 Å². The first-order valence-corrected chi connectivity index (χ1v) is 7.51. The van der Waals surface area contributed by atoms with E-state index in [1.54, 1.807) is 0 Å². The first-order chi connectivity index (χ1) is 8.41. The van der Waals surface area contributed by atoms with Crippen molar-refractivity contribution in [1.82, 2.24) is 0 Å². The summed E-state index contributed by atoms with van der Waals surface area (Å²) in [6.45, 7) is 5.94. The molecule has 0 aromatic heterocycles. The maximum Gasteiger partial charge on any atom is -0.0316 e. The number of hydrogen-bond donors (Lipinski definition) is 0. The van der Waals surface area contributed by atoms with E-state index in [0.29, 0.717) is 0 Å². The van der Waals surface area contributed by atoms with Crippen molar-refractivity contribution in [3.05, 3.63) is 31.2 Å². The molecular weight excluding hydrogens is 204 g/mol. The predicted octanol–water partition coefficient (Wildman–Crippen LogP) is 6.24. The summed E-state index contributed by atoms with van der Waals surface area (Å²) in [6, 6.07) is 0. The summed E-state index contributed by atoms with van der Waals surface area (Å²) in [7, 11) is 0. The molecule has 1 radical (unpaired) electrons. The van der Waals surface area contributed by atoms with Crippen molar-refractivity contribution in [1.29, 1.82) is 0 Å². The second-order valence-corrected chi connectivity index (χ2v) is 4.78. The molecule has 0 aliphatic heterocycles. The zero-order valence-electron chi connectivity index (χ0n) is 11.8. The summed E-state index contributed by atoms with van der Waals surface area (Å²) in [5.74, 6) is 0. The fourth-order valence-corrected chi connectivity index (χ4v) is 1.91. The second-order valence-electron chi connectivity index (χ2n) is 4.78. The maximum absolute atomic E-state index is 3.69. The van der Waals surface area contributed by atoms with Crippen LogP contribution in [-0.2, 0) is 0 Å². The van der Waals surface area contributed by atoms with Crippen LogP contribution in [0.5, 0.6) is 0 Å². The monoisotopic (exact) mass is 235 g/mol. The van der Waals surface area contributed by atoms with Crippen LogP contribution >= 0.6 is 0 Å². The van der Waals surface area contributed by atoms with Gasteiger partial charge in [0.2, 0.25) is 0 Å². The van der Waals surface area contributed by atoms with Crippen LogP contribution in [0.15, 0.2) is 24.3 Å². The van der Waals surface area contributed by atoms with Gasteiger partial charge in [0.05, 0.1) is 0 Å². The van der Waals surface area contributed by atoms with Gasteiger partial charge in [0.1, 0.15) is 0 Å². The second kappa shape index (κ2) is 15.5. The highest BCUT2D eigenvalue weighted by Crippen LogP contribution is 2.09. The quantitative estimate of drug-likeness (QED) is 0.277. The van der Waals surface area contributed by atoms with Gasteiger partial charge in [-0.05, 0) is 39.0 Å². The largest absolute Gasteiger partial charge is 0.0885 e. The van der Waals surface area contributed by atoms with Crippen molar-refractivity contribution in [3.63, 3.8) is 0 Å². The lowest BCUT2D eigenvalue weighted by Crippen LogP contribution is -1.79. The molecule has 99 valence electrons. The van der Waals surface area contributed by atoms with Crippen molar-refractivity contribution in [2.75, 3.05) is 0 Å². The third-order valence-electron chi connectivity index (χ3n) is 3.05. The highest BCUT2D eigenvalue weighted by molar-refractivity contribution is 4.83. The lowest BCUT2D eigenvalue weighted by atomic mass is 10.1. The average molecular weight is 235 g/mol. The minimum Gasteiger partial charge on any atom is -0.0885 e. The molecule has 17 heavy (non-hydrogen) atoms. The summed E-state index contributed by atoms with van der Waals surface area (Å²) < 4.78 is 0. The number of rotatable bonds is 12. The Balaban J connectivity index is 3.00. The highest BCUT2D eigenvalue weighted by Gasteiger charge is 1.89. The summed E-state index contributed by atoms with van der Waals surface area (Å²) in [4.78, 5) is 0. The first-order valence-electron chi connectivity index (χ1n) is 7.51. The minimum absolute atomic E-state index is 1.21. The van der Waals surface area contributed by atoms with Crippen molar-refractivity contribution >= 4 is 0 Å². The van der Waals surface area contributed by atoms with Gasteiger partial charge in [0.25, 0.3) is 0 Å². The Bertz CT molecular complexity index is 176. The van der Waals surface area contributed by atoms with E-state index >= 15 is 0 Å². The van der Waals surface area contributed by atoms with E-state index in [0.717, 1.165) is 0 Å². The molecule has 0 aliphatic carbocycles. The number of allylic oxidation sites excluding steroid dienone is 4. The van der Waals surface area contributed by atoms with Crippen molar-refractivity contribution in [2.24, 2.45) is 0 Å². The van der Waals surface area contributed by atoms with Gasteiger partial charge < -0.3 is 0 Å². The third-order valence-corrected chi connectivity index (χ3v) is 3.05. The zero-order valence-corrected chi connectivity index (χ0v) is 11.8. The molecular formula is C17H31. The SMILES string of the molecule is [CH2]C=CCCCCCCCCC=CCCCC. The van der Waals surface area contributed by atoms with Crippen LogP contribution in [0, 0.1) is 6.92 Å². The molecule has 0 N–H and O–H groups in total. The normalized spacial score (nSPS) is 11.9. The minimum atomic E-state index is 1.21. The fraction of sp³-hybridized carbons (Fsp3) is 0.706. The molecule has 0 rings (SSSR count). The summed E-state index contributed by atoms with van der Waals surface area (Å²) in [6.07, 6.45) is 23.6. The molecule has 0 aliphatic rings. The Kier molecular flexibility index (Phi) is 15.0. The summed E-state index contributed by atoms with van der Waals surface area (Å²) in [5, 5.41) is 0. The van der Waals surface area contributed by atoms with E-state index in [2.05, 4.69) is 32.1 Å². The van der Waals surface area contributed by atoms with Gasteiger partial charge in [0, 0.05) is 0 Å². The standard InChI is InChI=1S/C17H31/c1-3-5-7-9-11-13-15-17-16-14-12-10-8-6-4-2/h3,5,10,12H,1,4,6-9,11,13-17H2,2H3. The van der Waals surface area contributed by atoms with Gasteiger partial charge in [0.15, 0.2) is 0 Å². The number of unbranched alkanes of at least 4 members (excludes halogenated alkanes) is 9. The van der Waals surface area contributed by atoms with Crippen molar-refractivity contribution in [3.8, 4) is 0 Å². The lowest BCUT2D eigenvalue weighted by molar-refractivity contribution is 0.599. The molecule has 0 fully saturated rings. The molecule has 0 nitrogen and oxygen atoms in total. The molecule has 0 heterocycles. The fourth-order valence-electron chi connectivity index (χ4n) is 1.91. The third kappa shape index (κ3) is 15.5. The predicted molar refractivity (Wildman–Crippen MR) is 80.1 cm³/mol. The maximum atomic E-state index is 3.69. The molecule has 0 saturated carbocycles. The van der Waals surface area contributed by atoms with Crippen molar-refractivity contribution < 1.29 is 0 Å². The van der Waals surface area contributed by atoms with Gasteiger partial charge >= 0.3 is 0 Å². The number of hydrogen-bond acceptors (Lipinski definition) is 0. The van der Waals surface area contributed by atoms with E-state index in [1.165, 1.54) is 70.6 Å². The van der Waals surface area contributed by atoms with Gasteiger partial charge in [-0.3, -0.25) is 0 Å². The van der Waals surface area contributed by atoms with Crippen LogP contribution in [0.3, 0.4) is 0 Å². The van der Waals surface area contributed by atoms with Crippen LogP contribution in [0.1, 0.15) is 77.6 Å². The van der Waals surface area contributed by atoms with E-state index < -0.39 is 0 Å².